The molecule has 1 N–H and O–H groups in total. The van der Waals surface area contributed by atoms with Crippen molar-refractivity contribution in [2.45, 2.75) is 32.8 Å². The minimum Gasteiger partial charge on any atom is -0.387 e. The van der Waals surface area contributed by atoms with E-state index in [-0.39, 0.29) is 11.5 Å². The van der Waals surface area contributed by atoms with E-state index in [9.17, 15) is 5.11 Å². The molecule has 2 rings (SSSR count). The molecule has 120 valence electrons. The Bertz CT molecular complexity index is 454. The van der Waals surface area contributed by atoms with E-state index in [1.165, 1.54) is 0 Å². The zero-order valence-electron chi connectivity index (χ0n) is 13.4. The van der Waals surface area contributed by atoms with Crippen LogP contribution in [-0.4, -0.2) is 50.6 Å². The van der Waals surface area contributed by atoms with Gasteiger partial charge >= 0.3 is 0 Å². The molecular formula is C15H26N2O3S. The van der Waals surface area contributed by atoms with E-state index in [1.54, 1.807) is 25.6 Å². The topological polar surface area (TPSA) is 54.8 Å². The highest BCUT2D eigenvalue weighted by molar-refractivity contribution is 7.15. The highest BCUT2D eigenvalue weighted by Gasteiger charge is 2.34. The number of nitrogens with zero attached hydrogens (tertiary/aromatic N) is 2. The Morgan fingerprint density at radius 3 is 2.48 bits per heavy atom. The van der Waals surface area contributed by atoms with Crippen LogP contribution in [0.25, 0.3) is 0 Å². The van der Waals surface area contributed by atoms with Crippen LogP contribution < -0.4 is 4.90 Å². The number of thiazole rings is 1. The Morgan fingerprint density at radius 1 is 1.29 bits per heavy atom. The average molecular weight is 314 g/mol. The van der Waals surface area contributed by atoms with Gasteiger partial charge in [-0.3, -0.25) is 0 Å². The number of aliphatic hydroxyl groups excluding tert-OH is 1. The van der Waals surface area contributed by atoms with Crippen molar-refractivity contribution in [3.8, 4) is 0 Å². The Balaban J connectivity index is 2.18. The van der Waals surface area contributed by atoms with Crippen molar-refractivity contribution in [2.75, 3.05) is 45.4 Å². The molecule has 0 radical (unpaired) electrons. The number of fused-ring (bicyclic) bond motifs is 1. The van der Waals surface area contributed by atoms with Crippen LogP contribution in [0.3, 0.4) is 0 Å². The second kappa shape index (κ2) is 7.05. The number of methoxy groups -OCH3 is 2. The number of rotatable bonds is 7. The van der Waals surface area contributed by atoms with Gasteiger partial charge in [-0.05, 0) is 18.3 Å². The summed E-state index contributed by atoms with van der Waals surface area (Å²) in [5.74, 6) is 0. The molecule has 0 aliphatic heterocycles. The first kappa shape index (κ1) is 16.7. The zero-order valence-corrected chi connectivity index (χ0v) is 14.2. The zero-order chi connectivity index (χ0) is 15.5. The molecule has 0 saturated heterocycles. The van der Waals surface area contributed by atoms with Crippen LogP contribution in [0.1, 0.15) is 36.9 Å². The number of hydrogen-bond acceptors (Lipinski definition) is 6. The summed E-state index contributed by atoms with van der Waals surface area (Å²) in [6.45, 7) is 7.25. The monoisotopic (exact) mass is 314 g/mol. The van der Waals surface area contributed by atoms with Gasteiger partial charge in [-0.1, -0.05) is 25.2 Å². The van der Waals surface area contributed by atoms with Crippen molar-refractivity contribution >= 4 is 16.5 Å². The van der Waals surface area contributed by atoms with Crippen LogP contribution in [0, 0.1) is 5.41 Å². The molecule has 0 fully saturated rings. The Hall–Kier alpha value is -0.690. The highest BCUT2D eigenvalue weighted by atomic mass is 32.1. The molecule has 5 nitrogen and oxygen atoms in total. The summed E-state index contributed by atoms with van der Waals surface area (Å²) >= 11 is 1.61. The summed E-state index contributed by atoms with van der Waals surface area (Å²) in [4.78, 5) is 7.98. The Kier molecular flexibility index (Phi) is 5.60. The largest absolute Gasteiger partial charge is 0.387 e. The number of hydrogen-bond donors (Lipinski definition) is 1. The third-order valence-corrected chi connectivity index (χ3v) is 5.07. The van der Waals surface area contributed by atoms with Crippen LogP contribution >= 0.6 is 11.3 Å². The molecule has 6 heteroatoms. The van der Waals surface area contributed by atoms with E-state index in [2.05, 4.69) is 18.7 Å². The predicted molar refractivity (Wildman–Crippen MR) is 85.1 cm³/mol. The molecule has 1 heterocycles. The first-order valence-electron chi connectivity index (χ1n) is 7.37. The van der Waals surface area contributed by atoms with Gasteiger partial charge in [-0.15, -0.1) is 0 Å². The van der Waals surface area contributed by atoms with Gasteiger partial charge in [0.1, 0.15) is 0 Å². The van der Waals surface area contributed by atoms with E-state index < -0.39 is 0 Å². The second-order valence-corrected chi connectivity index (χ2v) is 7.35. The predicted octanol–water partition coefficient (Wildman–Crippen LogP) is 2.25. The molecule has 21 heavy (non-hydrogen) atoms. The molecule has 1 aromatic heterocycles. The SMILES string of the molecule is COCCN(CCOC)c1nc2c(s1)C(O)CC(C)(C)C2. The van der Waals surface area contributed by atoms with Crippen LogP contribution in [0.5, 0.6) is 0 Å². The van der Waals surface area contributed by atoms with Gasteiger partial charge in [0.05, 0.1) is 29.9 Å². The summed E-state index contributed by atoms with van der Waals surface area (Å²) in [6, 6.07) is 0. The van der Waals surface area contributed by atoms with Gasteiger partial charge in [0.25, 0.3) is 0 Å². The molecule has 1 atom stereocenters. The normalized spacial score (nSPS) is 20.3. The maximum atomic E-state index is 10.3. The lowest BCUT2D eigenvalue weighted by Crippen LogP contribution is -2.30. The molecule has 0 spiro atoms. The molecule has 0 saturated carbocycles. The molecule has 1 aromatic rings. The Morgan fingerprint density at radius 2 is 1.90 bits per heavy atom. The highest BCUT2D eigenvalue weighted by Crippen LogP contribution is 2.44. The number of aromatic nitrogens is 1. The van der Waals surface area contributed by atoms with Crippen molar-refractivity contribution in [1.82, 2.24) is 4.98 Å². The lowest BCUT2D eigenvalue weighted by molar-refractivity contribution is 0.102. The fraction of sp³-hybridized carbons (Fsp3) is 0.800. The lowest BCUT2D eigenvalue weighted by Gasteiger charge is -2.31. The van der Waals surface area contributed by atoms with Gasteiger partial charge in [-0.2, -0.15) is 0 Å². The molecular weight excluding hydrogens is 288 g/mol. The first-order valence-corrected chi connectivity index (χ1v) is 8.19. The van der Waals surface area contributed by atoms with Gasteiger partial charge in [-0.25, -0.2) is 4.98 Å². The van der Waals surface area contributed by atoms with Crippen LogP contribution in [0.4, 0.5) is 5.13 Å². The van der Waals surface area contributed by atoms with Gasteiger partial charge < -0.3 is 19.5 Å². The molecule has 0 amide bonds. The number of aliphatic hydroxyl groups is 1. The van der Waals surface area contributed by atoms with Gasteiger partial charge in [0.2, 0.25) is 0 Å². The van der Waals surface area contributed by atoms with Gasteiger partial charge in [0, 0.05) is 27.3 Å². The lowest BCUT2D eigenvalue weighted by atomic mass is 9.77. The van der Waals surface area contributed by atoms with E-state index in [0.29, 0.717) is 13.2 Å². The van der Waals surface area contributed by atoms with Crippen LogP contribution in [-0.2, 0) is 15.9 Å². The van der Waals surface area contributed by atoms with E-state index in [0.717, 1.165) is 41.6 Å². The Labute approximate surface area is 130 Å². The van der Waals surface area contributed by atoms with Crippen molar-refractivity contribution in [2.24, 2.45) is 5.41 Å². The number of ether oxygens (including phenoxy) is 2. The fourth-order valence-corrected chi connectivity index (χ4v) is 3.84. The smallest absolute Gasteiger partial charge is 0.186 e. The third-order valence-electron chi connectivity index (χ3n) is 3.81. The maximum absolute atomic E-state index is 10.3. The van der Waals surface area contributed by atoms with Crippen LogP contribution in [0.15, 0.2) is 0 Å². The molecule has 1 aliphatic carbocycles. The number of anilines is 1. The van der Waals surface area contributed by atoms with Crippen molar-refractivity contribution in [3.63, 3.8) is 0 Å². The average Bonchev–Trinajstić information content (AvgIpc) is 2.81. The molecule has 0 bridgehead atoms. The third kappa shape index (κ3) is 4.16. The standard InChI is InChI=1S/C15H26N2O3S/c1-15(2)9-11-13(12(18)10-15)21-14(16-11)17(5-7-19-3)6-8-20-4/h12,18H,5-10H2,1-4H3. The van der Waals surface area contributed by atoms with E-state index in [4.69, 9.17) is 14.5 Å². The van der Waals surface area contributed by atoms with E-state index >= 15 is 0 Å². The molecule has 1 aliphatic rings. The molecule has 1 unspecified atom stereocenters. The molecule has 0 aromatic carbocycles. The second-order valence-electron chi connectivity index (χ2n) is 6.34. The van der Waals surface area contributed by atoms with Crippen LogP contribution in [0.2, 0.25) is 0 Å². The van der Waals surface area contributed by atoms with Crippen molar-refractivity contribution in [1.29, 1.82) is 0 Å². The minimum atomic E-state index is -0.387. The minimum absolute atomic E-state index is 0.113. The van der Waals surface area contributed by atoms with E-state index in [1.807, 2.05) is 0 Å². The maximum Gasteiger partial charge on any atom is 0.186 e. The quantitative estimate of drug-likeness (QED) is 0.836. The summed E-state index contributed by atoms with van der Waals surface area (Å²) in [7, 11) is 3.40. The summed E-state index contributed by atoms with van der Waals surface area (Å²) in [6.07, 6.45) is 1.34. The van der Waals surface area contributed by atoms with Gasteiger partial charge in [0.15, 0.2) is 5.13 Å². The summed E-state index contributed by atoms with van der Waals surface area (Å²) in [5.41, 5.74) is 1.17. The van der Waals surface area contributed by atoms with Crippen molar-refractivity contribution in [3.05, 3.63) is 10.6 Å². The summed E-state index contributed by atoms with van der Waals surface area (Å²) in [5, 5.41) is 11.3. The first-order chi connectivity index (χ1) is 9.96. The van der Waals surface area contributed by atoms with Crippen molar-refractivity contribution < 1.29 is 14.6 Å². The summed E-state index contributed by atoms with van der Waals surface area (Å²) < 4.78 is 10.4. The fourth-order valence-electron chi connectivity index (χ4n) is 2.72.